The first kappa shape index (κ1) is 11.2. The molecule has 0 saturated heterocycles. The minimum Gasteiger partial charge on any atom is -0.379 e. The maximum absolute atomic E-state index is 11.2. The number of anilines is 1. The number of hydrogen-bond acceptors (Lipinski definition) is 5. The number of rotatable bonds is 6. The Morgan fingerprint density at radius 3 is 3.28 bits per heavy atom. The monoisotopic (exact) mass is 249 g/mol. The van der Waals surface area contributed by atoms with Crippen molar-refractivity contribution in [3.8, 4) is 0 Å². The molecule has 2 aromatic rings. The summed E-state index contributed by atoms with van der Waals surface area (Å²) in [4.78, 5) is 15.3. The molecular weight excluding hydrogens is 234 g/mol. The Labute approximate surface area is 103 Å². The van der Waals surface area contributed by atoms with Gasteiger partial charge in [0.05, 0.1) is 6.61 Å². The average molecular weight is 249 g/mol. The minimum atomic E-state index is -0.281. The summed E-state index contributed by atoms with van der Waals surface area (Å²) in [6.45, 7) is 2.23. The summed E-state index contributed by atoms with van der Waals surface area (Å²) in [6, 6.07) is 1.72. The molecule has 0 amide bonds. The Hall–Kier alpha value is -1.89. The summed E-state index contributed by atoms with van der Waals surface area (Å²) in [5, 5.41) is 9.37. The summed E-state index contributed by atoms with van der Waals surface area (Å²) < 4.78 is 6.86. The molecule has 7 nitrogen and oxygen atoms in total. The predicted octanol–water partition coefficient (Wildman–Crippen LogP) is 0.256. The molecule has 0 unspecified atom stereocenters. The van der Waals surface area contributed by atoms with E-state index in [1.54, 1.807) is 6.07 Å². The Morgan fingerprint density at radius 2 is 2.44 bits per heavy atom. The number of nitrogens with one attached hydrogen (secondary N) is 2. The average Bonchev–Trinajstić information content (AvgIpc) is 3.13. The number of aromatic amines is 1. The zero-order valence-electron chi connectivity index (χ0n) is 9.93. The zero-order chi connectivity index (χ0) is 12.4. The molecule has 0 atom stereocenters. The summed E-state index contributed by atoms with van der Waals surface area (Å²) in [5.74, 6) is 1.48. The van der Waals surface area contributed by atoms with E-state index in [9.17, 15) is 4.79 Å². The Bertz CT molecular complexity index is 586. The molecule has 1 aliphatic carbocycles. The van der Waals surface area contributed by atoms with E-state index in [-0.39, 0.29) is 5.69 Å². The maximum atomic E-state index is 11.2. The van der Waals surface area contributed by atoms with E-state index >= 15 is 0 Å². The van der Waals surface area contributed by atoms with Gasteiger partial charge in [0, 0.05) is 19.2 Å². The Balaban J connectivity index is 1.52. The summed E-state index contributed by atoms with van der Waals surface area (Å²) in [5.41, 5.74) is 0.271. The van der Waals surface area contributed by atoms with Gasteiger partial charge in [0.2, 0.25) is 0 Å². The molecule has 3 rings (SSSR count). The van der Waals surface area contributed by atoms with E-state index in [4.69, 9.17) is 4.74 Å². The smallest absolute Gasteiger partial charge is 0.348 e. The highest BCUT2D eigenvalue weighted by atomic mass is 16.5. The highest BCUT2D eigenvalue weighted by molar-refractivity contribution is 5.48. The van der Waals surface area contributed by atoms with Crippen LogP contribution in [-0.4, -0.2) is 39.3 Å². The van der Waals surface area contributed by atoms with Crippen molar-refractivity contribution in [2.75, 3.05) is 25.1 Å². The fraction of sp³-hybridized carbons (Fsp3) is 0.545. The quantitative estimate of drug-likeness (QED) is 0.717. The van der Waals surface area contributed by atoms with Crippen LogP contribution in [0.25, 0.3) is 5.65 Å². The highest BCUT2D eigenvalue weighted by Gasteiger charge is 2.20. The van der Waals surface area contributed by atoms with Crippen molar-refractivity contribution in [1.82, 2.24) is 19.6 Å². The Kier molecular flexibility index (Phi) is 2.97. The van der Waals surface area contributed by atoms with Crippen molar-refractivity contribution >= 4 is 11.5 Å². The lowest BCUT2D eigenvalue weighted by atomic mass is 10.5. The lowest BCUT2D eigenvalue weighted by Crippen LogP contribution is -2.13. The van der Waals surface area contributed by atoms with Crippen molar-refractivity contribution in [2.24, 2.45) is 5.92 Å². The lowest BCUT2D eigenvalue weighted by molar-refractivity contribution is 0.134. The number of nitrogens with zero attached hydrogens (tertiary/aromatic N) is 3. The summed E-state index contributed by atoms with van der Waals surface area (Å²) in [7, 11) is 0. The number of hydrogen-bond donors (Lipinski definition) is 2. The second kappa shape index (κ2) is 4.77. The third-order valence-electron chi connectivity index (χ3n) is 2.91. The van der Waals surface area contributed by atoms with Gasteiger partial charge < -0.3 is 10.1 Å². The van der Waals surface area contributed by atoms with Crippen LogP contribution in [0.3, 0.4) is 0 Å². The van der Waals surface area contributed by atoms with Crippen molar-refractivity contribution in [1.29, 1.82) is 0 Å². The first-order valence-electron chi connectivity index (χ1n) is 6.07. The largest absolute Gasteiger partial charge is 0.379 e. The first-order valence-corrected chi connectivity index (χ1v) is 6.07. The van der Waals surface area contributed by atoms with E-state index in [1.807, 2.05) is 0 Å². The fourth-order valence-corrected chi connectivity index (χ4v) is 1.69. The van der Waals surface area contributed by atoms with Gasteiger partial charge in [-0.2, -0.15) is 5.10 Å². The minimum absolute atomic E-state index is 0.281. The van der Waals surface area contributed by atoms with Crippen LogP contribution in [-0.2, 0) is 4.74 Å². The molecule has 1 saturated carbocycles. The number of fused-ring (bicyclic) bond motifs is 1. The molecule has 0 bridgehead atoms. The van der Waals surface area contributed by atoms with Crippen LogP contribution in [0.15, 0.2) is 17.2 Å². The molecule has 0 radical (unpaired) electrons. The second-order valence-electron chi connectivity index (χ2n) is 4.48. The third-order valence-corrected chi connectivity index (χ3v) is 2.91. The molecule has 96 valence electrons. The van der Waals surface area contributed by atoms with Crippen molar-refractivity contribution in [3.63, 3.8) is 0 Å². The number of ether oxygens (including phenoxy) is 1. The molecule has 0 aromatic carbocycles. The van der Waals surface area contributed by atoms with Gasteiger partial charge in [-0.1, -0.05) is 0 Å². The van der Waals surface area contributed by atoms with Gasteiger partial charge in [-0.3, -0.25) is 0 Å². The summed E-state index contributed by atoms with van der Waals surface area (Å²) in [6.07, 6.45) is 4.06. The van der Waals surface area contributed by atoms with Gasteiger partial charge in [0.1, 0.15) is 12.1 Å². The predicted molar refractivity (Wildman–Crippen MR) is 65.6 cm³/mol. The molecule has 1 fully saturated rings. The van der Waals surface area contributed by atoms with Crippen molar-refractivity contribution < 1.29 is 4.74 Å². The van der Waals surface area contributed by atoms with E-state index in [1.165, 1.54) is 23.6 Å². The first-order chi connectivity index (χ1) is 8.83. The number of H-pyrrole nitrogens is 1. The molecule has 2 aromatic heterocycles. The van der Waals surface area contributed by atoms with E-state index in [0.717, 1.165) is 12.5 Å². The Morgan fingerprint density at radius 1 is 1.56 bits per heavy atom. The SMILES string of the molecule is O=c1[nH]nc2cc(NCCOCC3CC3)ncn12. The molecule has 2 N–H and O–H groups in total. The zero-order valence-corrected chi connectivity index (χ0v) is 9.93. The standard InChI is InChI=1S/C11H15N5O2/c17-11-15-14-10-5-9(13-7-16(10)11)12-3-4-18-6-8-1-2-8/h5,7-8,12H,1-4,6H2,(H,15,17). The van der Waals surface area contributed by atoms with Gasteiger partial charge in [-0.15, -0.1) is 0 Å². The highest BCUT2D eigenvalue weighted by Crippen LogP contribution is 2.28. The molecular formula is C11H15N5O2. The van der Waals surface area contributed by atoms with Gasteiger partial charge in [-0.25, -0.2) is 19.3 Å². The third kappa shape index (κ3) is 2.51. The van der Waals surface area contributed by atoms with Crippen LogP contribution in [0.5, 0.6) is 0 Å². The van der Waals surface area contributed by atoms with Gasteiger partial charge in [-0.05, 0) is 18.8 Å². The normalized spacial score (nSPS) is 15.1. The van der Waals surface area contributed by atoms with Crippen LogP contribution in [0, 0.1) is 5.92 Å². The molecule has 0 aliphatic heterocycles. The topological polar surface area (TPSA) is 84.3 Å². The van der Waals surface area contributed by atoms with Crippen molar-refractivity contribution in [2.45, 2.75) is 12.8 Å². The second-order valence-corrected chi connectivity index (χ2v) is 4.48. The molecule has 0 spiro atoms. The van der Waals surface area contributed by atoms with Crippen LogP contribution in [0.4, 0.5) is 5.82 Å². The van der Waals surface area contributed by atoms with Crippen molar-refractivity contribution in [3.05, 3.63) is 22.9 Å². The van der Waals surface area contributed by atoms with Gasteiger partial charge in [0.25, 0.3) is 0 Å². The van der Waals surface area contributed by atoms with E-state index in [2.05, 4.69) is 20.5 Å². The van der Waals surface area contributed by atoms with Crippen LogP contribution < -0.4 is 11.0 Å². The molecule has 1 aliphatic rings. The van der Waals surface area contributed by atoms with Gasteiger partial charge >= 0.3 is 5.69 Å². The summed E-state index contributed by atoms with van der Waals surface area (Å²) >= 11 is 0. The van der Waals surface area contributed by atoms with E-state index < -0.39 is 0 Å². The maximum Gasteiger partial charge on any atom is 0.348 e. The van der Waals surface area contributed by atoms with Crippen LogP contribution in [0.1, 0.15) is 12.8 Å². The van der Waals surface area contributed by atoms with Crippen LogP contribution >= 0.6 is 0 Å². The molecule has 18 heavy (non-hydrogen) atoms. The lowest BCUT2D eigenvalue weighted by Gasteiger charge is -2.06. The molecule has 7 heteroatoms. The van der Waals surface area contributed by atoms with E-state index in [0.29, 0.717) is 24.6 Å². The van der Waals surface area contributed by atoms with Gasteiger partial charge in [0.15, 0.2) is 5.65 Å². The van der Waals surface area contributed by atoms with Crippen LogP contribution in [0.2, 0.25) is 0 Å². The molecule has 2 heterocycles. The fourth-order valence-electron chi connectivity index (χ4n) is 1.69. The number of aromatic nitrogens is 4.